The second kappa shape index (κ2) is 7.29. The van der Waals surface area contributed by atoms with E-state index in [9.17, 15) is 9.59 Å². The Hall–Kier alpha value is -2.63. The number of likely N-dealkylation sites (tertiary alicyclic amines) is 1. The lowest BCUT2D eigenvalue weighted by molar-refractivity contribution is -0.139. The van der Waals surface area contributed by atoms with Crippen molar-refractivity contribution in [2.24, 2.45) is 0 Å². The summed E-state index contributed by atoms with van der Waals surface area (Å²) in [6.07, 6.45) is 3.21. The minimum absolute atomic E-state index is 0.0795. The van der Waals surface area contributed by atoms with Gasteiger partial charge in [0.2, 0.25) is 5.91 Å². The highest BCUT2D eigenvalue weighted by atomic mass is 16.5. The molecule has 1 aliphatic rings. The summed E-state index contributed by atoms with van der Waals surface area (Å²) < 4.78 is 5.72. The quantitative estimate of drug-likeness (QED) is 0.908. The number of benzene rings is 1. The number of pyridine rings is 1. The number of hydrogen-bond acceptors (Lipinski definition) is 4. The Morgan fingerprint density at radius 1 is 1.33 bits per heavy atom. The van der Waals surface area contributed by atoms with E-state index in [0.29, 0.717) is 25.3 Å². The molecule has 0 aliphatic carbocycles. The molecule has 0 radical (unpaired) electrons. The number of aromatic nitrogens is 1. The number of nitrogens with zero attached hydrogens (tertiary/aromatic N) is 2. The lowest BCUT2D eigenvalue weighted by Crippen LogP contribution is -2.47. The molecule has 3 rings (SSSR count). The van der Waals surface area contributed by atoms with Gasteiger partial charge in [0.15, 0.2) is 6.61 Å². The fourth-order valence-electron chi connectivity index (χ4n) is 3.05. The van der Waals surface area contributed by atoms with Crippen molar-refractivity contribution >= 4 is 22.7 Å². The van der Waals surface area contributed by atoms with E-state index in [2.05, 4.69) is 10.3 Å². The van der Waals surface area contributed by atoms with E-state index < -0.39 is 0 Å². The van der Waals surface area contributed by atoms with Crippen LogP contribution in [0.3, 0.4) is 0 Å². The third-order valence-electron chi connectivity index (χ3n) is 4.19. The highest BCUT2D eigenvalue weighted by molar-refractivity contribution is 5.89. The molecule has 2 heterocycles. The average Bonchev–Trinajstić information content (AvgIpc) is 3.10. The summed E-state index contributed by atoms with van der Waals surface area (Å²) in [5, 5.41) is 3.66. The van der Waals surface area contributed by atoms with E-state index in [1.54, 1.807) is 17.2 Å². The van der Waals surface area contributed by atoms with Crippen molar-refractivity contribution in [3.63, 3.8) is 0 Å². The standard InChI is InChI=1S/C18H21N3O3/c1-2-19-18(23)15-8-5-11-21(15)17(22)12-24-16-9-10-20-14-7-4-3-6-13(14)16/h3-4,6-7,9-10,15H,2,5,8,11-12H2,1H3,(H,19,23)/t15-/m0/s1. The fourth-order valence-corrected chi connectivity index (χ4v) is 3.05. The zero-order valence-electron chi connectivity index (χ0n) is 13.7. The minimum atomic E-state index is -0.379. The summed E-state index contributed by atoms with van der Waals surface area (Å²) >= 11 is 0. The van der Waals surface area contributed by atoms with Gasteiger partial charge in [-0.3, -0.25) is 14.6 Å². The van der Waals surface area contributed by atoms with Crippen molar-refractivity contribution in [2.75, 3.05) is 19.7 Å². The second-order valence-corrected chi connectivity index (χ2v) is 5.75. The number of ether oxygens (including phenoxy) is 1. The molecule has 1 N–H and O–H groups in total. The SMILES string of the molecule is CCNC(=O)[C@@H]1CCCN1C(=O)COc1ccnc2ccccc12. The van der Waals surface area contributed by atoms with Crippen LogP contribution in [-0.2, 0) is 9.59 Å². The molecule has 1 aromatic carbocycles. The molecule has 2 aromatic rings. The molecule has 126 valence electrons. The molecule has 1 aromatic heterocycles. The largest absolute Gasteiger partial charge is 0.483 e. The predicted octanol–water partition coefficient (Wildman–Crippen LogP) is 1.74. The molecule has 0 bridgehead atoms. The lowest BCUT2D eigenvalue weighted by Gasteiger charge is -2.23. The molecule has 0 unspecified atom stereocenters. The predicted molar refractivity (Wildman–Crippen MR) is 90.7 cm³/mol. The van der Waals surface area contributed by atoms with Crippen LogP contribution in [0.1, 0.15) is 19.8 Å². The third-order valence-corrected chi connectivity index (χ3v) is 4.19. The van der Waals surface area contributed by atoms with E-state index in [-0.39, 0.29) is 24.5 Å². The zero-order valence-corrected chi connectivity index (χ0v) is 13.7. The van der Waals surface area contributed by atoms with Gasteiger partial charge in [0, 0.05) is 24.7 Å². The van der Waals surface area contributed by atoms with Gasteiger partial charge in [0.1, 0.15) is 11.8 Å². The van der Waals surface area contributed by atoms with Crippen LogP contribution in [0.25, 0.3) is 10.9 Å². The Kier molecular flexibility index (Phi) is 4.93. The first-order valence-electron chi connectivity index (χ1n) is 8.24. The number of amides is 2. The lowest BCUT2D eigenvalue weighted by atomic mass is 10.2. The van der Waals surface area contributed by atoms with Gasteiger partial charge < -0.3 is 15.0 Å². The molecule has 0 spiro atoms. The molecule has 1 fully saturated rings. The van der Waals surface area contributed by atoms with Crippen molar-refractivity contribution in [1.29, 1.82) is 0 Å². The number of nitrogens with one attached hydrogen (secondary N) is 1. The maximum absolute atomic E-state index is 12.5. The molecular formula is C18H21N3O3. The maximum Gasteiger partial charge on any atom is 0.261 e. The van der Waals surface area contributed by atoms with Gasteiger partial charge in [-0.25, -0.2) is 0 Å². The van der Waals surface area contributed by atoms with Crippen molar-refractivity contribution in [3.05, 3.63) is 36.5 Å². The first-order valence-corrected chi connectivity index (χ1v) is 8.24. The van der Waals surface area contributed by atoms with Gasteiger partial charge in [-0.05, 0) is 38.0 Å². The van der Waals surface area contributed by atoms with E-state index in [1.165, 1.54) is 0 Å². The summed E-state index contributed by atoms with van der Waals surface area (Å²) in [6.45, 7) is 2.96. The topological polar surface area (TPSA) is 71.5 Å². The smallest absolute Gasteiger partial charge is 0.261 e. The van der Waals surface area contributed by atoms with Crippen molar-refractivity contribution in [3.8, 4) is 5.75 Å². The average molecular weight is 327 g/mol. The second-order valence-electron chi connectivity index (χ2n) is 5.75. The van der Waals surface area contributed by atoms with E-state index in [4.69, 9.17) is 4.74 Å². The van der Waals surface area contributed by atoms with Crippen LogP contribution in [0.5, 0.6) is 5.75 Å². The summed E-state index contributed by atoms with van der Waals surface area (Å²) in [4.78, 5) is 30.4. The van der Waals surface area contributed by atoms with Gasteiger partial charge in [0.05, 0.1) is 5.52 Å². The summed E-state index contributed by atoms with van der Waals surface area (Å²) in [5.74, 6) is 0.380. The molecule has 1 saturated heterocycles. The molecule has 2 amide bonds. The van der Waals surface area contributed by atoms with Crippen molar-refractivity contribution in [2.45, 2.75) is 25.8 Å². The molecular weight excluding hydrogens is 306 g/mol. The number of hydrogen-bond donors (Lipinski definition) is 1. The normalized spacial score (nSPS) is 17.0. The van der Waals surface area contributed by atoms with Crippen molar-refractivity contribution in [1.82, 2.24) is 15.2 Å². The molecule has 1 atom stereocenters. The number of carbonyl (C=O) groups is 2. The number of fused-ring (bicyclic) bond motifs is 1. The van der Waals surface area contributed by atoms with Crippen LogP contribution < -0.4 is 10.1 Å². The highest BCUT2D eigenvalue weighted by Crippen LogP contribution is 2.24. The van der Waals surface area contributed by atoms with Gasteiger partial charge >= 0.3 is 0 Å². The summed E-state index contributed by atoms with van der Waals surface area (Å²) in [7, 11) is 0. The van der Waals surface area contributed by atoms with Crippen molar-refractivity contribution < 1.29 is 14.3 Å². The van der Waals surface area contributed by atoms with Crippen LogP contribution in [0.15, 0.2) is 36.5 Å². The third kappa shape index (κ3) is 3.32. The van der Waals surface area contributed by atoms with Gasteiger partial charge in [-0.1, -0.05) is 12.1 Å². The Morgan fingerprint density at radius 2 is 2.17 bits per heavy atom. The molecule has 6 nitrogen and oxygen atoms in total. The zero-order chi connectivity index (χ0) is 16.9. The molecule has 6 heteroatoms. The monoisotopic (exact) mass is 327 g/mol. The minimum Gasteiger partial charge on any atom is -0.483 e. The first-order chi connectivity index (χ1) is 11.7. The number of rotatable bonds is 5. The van der Waals surface area contributed by atoms with E-state index >= 15 is 0 Å². The van der Waals surface area contributed by atoms with Gasteiger partial charge in [0.25, 0.3) is 5.91 Å². The number of carbonyl (C=O) groups excluding carboxylic acids is 2. The maximum atomic E-state index is 12.5. The van der Waals surface area contributed by atoms with Crippen LogP contribution >= 0.6 is 0 Å². The number of likely N-dealkylation sites (N-methyl/N-ethyl adjacent to an activating group) is 1. The summed E-state index contributed by atoms with van der Waals surface area (Å²) in [5.41, 5.74) is 0.823. The molecule has 0 saturated carbocycles. The Morgan fingerprint density at radius 3 is 3.00 bits per heavy atom. The number of para-hydroxylation sites is 1. The van der Waals surface area contributed by atoms with Crippen LogP contribution in [0.4, 0.5) is 0 Å². The first kappa shape index (κ1) is 16.2. The van der Waals surface area contributed by atoms with Gasteiger partial charge in [-0.2, -0.15) is 0 Å². The van der Waals surface area contributed by atoms with Gasteiger partial charge in [-0.15, -0.1) is 0 Å². The van der Waals surface area contributed by atoms with E-state index in [1.807, 2.05) is 31.2 Å². The van der Waals surface area contributed by atoms with E-state index in [0.717, 1.165) is 17.3 Å². The Labute approximate surface area is 140 Å². The Bertz CT molecular complexity index is 742. The molecule has 1 aliphatic heterocycles. The van der Waals surface area contributed by atoms with Crippen LogP contribution in [0.2, 0.25) is 0 Å². The van der Waals surface area contributed by atoms with Crippen LogP contribution in [-0.4, -0.2) is 47.4 Å². The molecule has 24 heavy (non-hydrogen) atoms. The highest BCUT2D eigenvalue weighted by Gasteiger charge is 2.33. The Balaban J connectivity index is 1.67. The van der Waals surface area contributed by atoms with Crippen LogP contribution in [0, 0.1) is 0 Å². The fraction of sp³-hybridized carbons (Fsp3) is 0.389. The summed E-state index contributed by atoms with van der Waals surface area (Å²) in [6, 6.07) is 9.00.